The van der Waals surface area contributed by atoms with Crippen LogP contribution in [0.15, 0.2) is 0 Å². The van der Waals surface area contributed by atoms with E-state index in [0.717, 1.165) is 17.8 Å². The SMILES string of the molecule is C1CC1CN1C[C@H]2CNC[C@H]2C1.CC. The summed E-state index contributed by atoms with van der Waals surface area (Å²) in [5.41, 5.74) is 0. The molecule has 1 N–H and O–H groups in total. The van der Waals surface area contributed by atoms with Crippen molar-refractivity contribution in [1.29, 1.82) is 0 Å². The zero-order chi connectivity index (χ0) is 9.97. The van der Waals surface area contributed by atoms with Gasteiger partial charge in [-0.2, -0.15) is 0 Å². The highest BCUT2D eigenvalue weighted by molar-refractivity contribution is 4.92. The molecule has 1 aliphatic carbocycles. The molecule has 3 fully saturated rings. The summed E-state index contributed by atoms with van der Waals surface area (Å²) in [6.45, 7) is 10.7. The molecule has 2 nitrogen and oxygen atoms in total. The fourth-order valence-electron chi connectivity index (χ4n) is 2.77. The third kappa shape index (κ3) is 2.29. The molecule has 2 atom stereocenters. The average molecular weight is 196 g/mol. The van der Waals surface area contributed by atoms with Crippen LogP contribution in [0.25, 0.3) is 0 Å². The lowest BCUT2D eigenvalue weighted by molar-refractivity contribution is 0.301. The van der Waals surface area contributed by atoms with Gasteiger partial charge in [-0.05, 0) is 43.7 Å². The predicted molar refractivity (Wildman–Crippen MR) is 60.4 cm³/mol. The van der Waals surface area contributed by atoms with Gasteiger partial charge in [0.1, 0.15) is 0 Å². The van der Waals surface area contributed by atoms with Gasteiger partial charge < -0.3 is 10.2 Å². The van der Waals surface area contributed by atoms with Crippen LogP contribution in [0.1, 0.15) is 26.7 Å². The average Bonchev–Trinajstić information content (AvgIpc) is 2.75. The van der Waals surface area contributed by atoms with E-state index in [9.17, 15) is 0 Å². The molecule has 0 unspecified atom stereocenters. The van der Waals surface area contributed by atoms with Crippen molar-refractivity contribution >= 4 is 0 Å². The Labute approximate surface area is 88.1 Å². The van der Waals surface area contributed by atoms with Gasteiger partial charge in [0, 0.05) is 19.6 Å². The Kier molecular flexibility index (Phi) is 3.45. The zero-order valence-corrected chi connectivity index (χ0v) is 9.63. The maximum Gasteiger partial charge on any atom is 0.00257 e. The Morgan fingerprint density at radius 1 is 1.07 bits per heavy atom. The fraction of sp³-hybridized carbons (Fsp3) is 1.00. The molecular formula is C12H24N2. The second-order valence-electron chi connectivity index (χ2n) is 4.84. The van der Waals surface area contributed by atoms with Gasteiger partial charge >= 0.3 is 0 Å². The van der Waals surface area contributed by atoms with Gasteiger partial charge in [-0.3, -0.25) is 0 Å². The summed E-state index contributed by atoms with van der Waals surface area (Å²) in [7, 11) is 0. The van der Waals surface area contributed by atoms with Crippen molar-refractivity contribution in [1.82, 2.24) is 10.2 Å². The van der Waals surface area contributed by atoms with Crippen molar-refractivity contribution in [3.8, 4) is 0 Å². The minimum Gasteiger partial charge on any atom is -0.316 e. The van der Waals surface area contributed by atoms with Gasteiger partial charge in [-0.25, -0.2) is 0 Å². The molecule has 82 valence electrons. The minimum absolute atomic E-state index is 0.990. The molecule has 3 aliphatic rings. The lowest BCUT2D eigenvalue weighted by Gasteiger charge is -2.15. The van der Waals surface area contributed by atoms with E-state index in [2.05, 4.69) is 10.2 Å². The number of nitrogens with zero attached hydrogens (tertiary/aromatic N) is 1. The molecule has 1 saturated carbocycles. The minimum atomic E-state index is 0.990. The maximum absolute atomic E-state index is 3.49. The third-order valence-electron chi connectivity index (χ3n) is 3.68. The molecule has 2 heteroatoms. The van der Waals surface area contributed by atoms with Crippen LogP contribution in [0.2, 0.25) is 0 Å². The molecule has 3 rings (SSSR count). The van der Waals surface area contributed by atoms with Crippen LogP contribution in [-0.4, -0.2) is 37.6 Å². The molecule has 0 bridgehead atoms. The summed E-state index contributed by atoms with van der Waals surface area (Å²) in [4.78, 5) is 2.70. The van der Waals surface area contributed by atoms with Crippen molar-refractivity contribution in [3.63, 3.8) is 0 Å². The highest BCUT2D eigenvalue weighted by Gasteiger charge is 2.37. The Hall–Kier alpha value is -0.0800. The number of nitrogens with one attached hydrogen (secondary N) is 1. The third-order valence-corrected chi connectivity index (χ3v) is 3.68. The van der Waals surface area contributed by atoms with E-state index in [-0.39, 0.29) is 0 Å². The fourth-order valence-corrected chi connectivity index (χ4v) is 2.77. The second kappa shape index (κ2) is 4.63. The standard InChI is InChI=1S/C10H18N2.C2H6/c1-2-8(1)5-12-6-9-3-11-4-10(9)7-12;1-2/h8-11H,1-7H2;1-2H3/t9-,10+;. The van der Waals surface area contributed by atoms with E-state index in [4.69, 9.17) is 0 Å². The largest absolute Gasteiger partial charge is 0.316 e. The molecule has 14 heavy (non-hydrogen) atoms. The van der Waals surface area contributed by atoms with Crippen molar-refractivity contribution < 1.29 is 0 Å². The van der Waals surface area contributed by atoms with Gasteiger partial charge in [-0.15, -0.1) is 0 Å². The number of likely N-dealkylation sites (tertiary alicyclic amines) is 1. The smallest absolute Gasteiger partial charge is 0.00257 e. The van der Waals surface area contributed by atoms with E-state index in [1.165, 1.54) is 45.6 Å². The van der Waals surface area contributed by atoms with Crippen LogP contribution in [0.5, 0.6) is 0 Å². The summed E-state index contributed by atoms with van der Waals surface area (Å²) in [5, 5.41) is 3.49. The number of rotatable bonds is 2. The van der Waals surface area contributed by atoms with Crippen LogP contribution in [0.3, 0.4) is 0 Å². The van der Waals surface area contributed by atoms with Gasteiger partial charge in [0.15, 0.2) is 0 Å². The summed E-state index contributed by atoms with van der Waals surface area (Å²) in [6, 6.07) is 0. The molecule has 0 spiro atoms. The lowest BCUT2D eigenvalue weighted by atomic mass is 10.0. The normalized spacial score (nSPS) is 36.4. The van der Waals surface area contributed by atoms with Crippen LogP contribution < -0.4 is 5.32 Å². The topological polar surface area (TPSA) is 15.3 Å². The zero-order valence-electron chi connectivity index (χ0n) is 9.63. The molecule has 2 aliphatic heterocycles. The van der Waals surface area contributed by atoms with E-state index in [0.29, 0.717) is 0 Å². The van der Waals surface area contributed by atoms with Crippen molar-refractivity contribution in [2.75, 3.05) is 32.7 Å². The maximum atomic E-state index is 3.49. The van der Waals surface area contributed by atoms with Gasteiger partial charge in [0.2, 0.25) is 0 Å². The van der Waals surface area contributed by atoms with Crippen LogP contribution in [-0.2, 0) is 0 Å². The Bertz CT molecular complexity index is 165. The molecular weight excluding hydrogens is 172 g/mol. The van der Waals surface area contributed by atoms with Gasteiger partial charge in [0.05, 0.1) is 0 Å². The molecule has 0 aromatic carbocycles. The van der Waals surface area contributed by atoms with Crippen LogP contribution >= 0.6 is 0 Å². The highest BCUT2D eigenvalue weighted by Crippen LogP contribution is 2.33. The Balaban J connectivity index is 0.000000354. The summed E-state index contributed by atoms with van der Waals surface area (Å²) < 4.78 is 0. The molecule has 0 amide bonds. The van der Waals surface area contributed by atoms with E-state index in [1.807, 2.05) is 13.8 Å². The van der Waals surface area contributed by atoms with Crippen molar-refractivity contribution in [2.45, 2.75) is 26.7 Å². The molecule has 2 saturated heterocycles. The molecule has 2 heterocycles. The first-order valence-electron chi connectivity index (χ1n) is 6.35. The van der Waals surface area contributed by atoms with E-state index < -0.39 is 0 Å². The van der Waals surface area contributed by atoms with Crippen molar-refractivity contribution in [2.24, 2.45) is 17.8 Å². The summed E-state index contributed by atoms with van der Waals surface area (Å²) >= 11 is 0. The number of fused-ring (bicyclic) bond motifs is 1. The lowest BCUT2D eigenvalue weighted by Crippen LogP contribution is -2.27. The van der Waals surface area contributed by atoms with Crippen LogP contribution in [0.4, 0.5) is 0 Å². The van der Waals surface area contributed by atoms with E-state index in [1.54, 1.807) is 0 Å². The number of hydrogen-bond donors (Lipinski definition) is 1. The first-order chi connectivity index (χ1) is 6.92. The quantitative estimate of drug-likeness (QED) is 0.721. The molecule has 0 radical (unpaired) electrons. The van der Waals surface area contributed by atoms with Gasteiger partial charge in [-0.1, -0.05) is 13.8 Å². The van der Waals surface area contributed by atoms with E-state index >= 15 is 0 Å². The molecule has 0 aromatic heterocycles. The molecule has 0 aromatic rings. The number of hydrogen-bond acceptors (Lipinski definition) is 2. The second-order valence-corrected chi connectivity index (χ2v) is 4.84. The van der Waals surface area contributed by atoms with Crippen LogP contribution in [0, 0.1) is 17.8 Å². The first-order valence-corrected chi connectivity index (χ1v) is 6.35. The Morgan fingerprint density at radius 3 is 2.14 bits per heavy atom. The predicted octanol–water partition coefficient (Wildman–Crippen LogP) is 1.57. The first kappa shape index (κ1) is 10.4. The monoisotopic (exact) mass is 196 g/mol. The summed E-state index contributed by atoms with van der Waals surface area (Å²) in [5.74, 6) is 3.06. The van der Waals surface area contributed by atoms with Gasteiger partial charge in [0.25, 0.3) is 0 Å². The highest BCUT2D eigenvalue weighted by atomic mass is 15.2. The Morgan fingerprint density at radius 2 is 1.64 bits per heavy atom. The van der Waals surface area contributed by atoms with Crippen molar-refractivity contribution in [3.05, 3.63) is 0 Å². The summed E-state index contributed by atoms with van der Waals surface area (Å²) in [6.07, 6.45) is 3.01.